The number of anilines is 1. The SMILES string of the molecule is CC(C)N(CCCO)c1nc(Cl)cs1. The predicted molar refractivity (Wildman–Crippen MR) is 61.3 cm³/mol. The Kier molecular flexibility index (Phi) is 4.65. The monoisotopic (exact) mass is 234 g/mol. The van der Waals surface area contributed by atoms with E-state index >= 15 is 0 Å². The van der Waals surface area contributed by atoms with Crippen LogP contribution >= 0.6 is 22.9 Å². The minimum Gasteiger partial charge on any atom is -0.396 e. The minimum atomic E-state index is 0.211. The predicted octanol–water partition coefficient (Wildman–Crippen LogP) is 2.39. The molecule has 1 aromatic heterocycles. The fraction of sp³-hybridized carbons (Fsp3) is 0.667. The van der Waals surface area contributed by atoms with Crippen LogP contribution in [0.5, 0.6) is 0 Å². The van der Waals surface area contributed by atoms with Gasteiger partial charge in [0.05, 0.1) is 0 Å². The van der Waals surface area contributed by atoms with Gasteiger partial charge in [-0.25, -0.2) is 4.98 Å². The Hall–Kier alpha value is -0.320. The molecule has 0 bridgehead atoms. The van der Waals surface area contributed by atoms with Gasteiger partial charge in [-0.2, -0.15) is 0 Å². The Labute approximate surface area is 93.3 Å². The summed E-state index contributed by atoms with van der Waals surface area (Å²) in [5.41, 5.74) is 0. The molecule has 0 amide bonds. The number of nitrogens with zero attached hydrogens (tertiary/aromatic N) is 2. The zero-order valence-corrected chi connectivity index (χ0v) is 9.98. The number of hydrogen-bond donors (Lipinski definition) is 1. The van der Waals surface area contributed by atoms with Crippen LogP contribution in [0.25, 0.3) is 0 Å². The maximum atomic E-state index is 8.78. The van der Waals surface area contributed by atoms with Crippen LogP contribution in [0.2, 0.25) is 5.15 Å². The zero-order valence-electron chi connectivity index (χ0n) is 8.40. The second kappa shape index (κ2) is 5.53. The van der Waals surface area contributed by atoms with Gasteiger partial charge < -0.3 is 10.0 Å². The lowest BCUT2D eigenvalue weighted by Crippen LogP contribution is -2.32. The summed E-state index contributed by atoms with van der Waals surface area (Å²) in [6, 6.07) is 0.378. The highest BCUT2D eigenvalue weighted by Gasteiger charge is 2.13. The summed E-state index contributed by atoms with van der Waals surface area (Å²) in [5.74, 6) is 0. The van der Waals surface area contributed by atoms with Crippen molar-refractivity contribution in [1.82, 2.24) is 4.98 Å². The van der Waals surface area contributed by atoms with Gasteiger partial charge in [-0.3, -0.25) is 0 Å². The van der Waals surface area contributed by atoms with Crippen molar-refractivity contribution in [3.8, 4) is 0 Å². The lowest BCUT2D eigenvalue weighted by Gasteiger charge is -2.25. The van der Waals surface area contributed by atoms with Crippen molar-refractivity contribution in [1.29, 1.82) is 0 Å². The first-order valence-corrected chi connectivity index (χ1v) is 5.89. The van der Waals surface area contributed by atoms with Crippen LogP contribution in [0, 0.1) is 0 Å². The van der Waals surface area contributed by atoms with E-state index in [0.717, 1.165) is 18.1 Å². The molecule has 0 atom stereocenters. The van der Waals surface area contributed by atoms with Crippen LogP contribution in [0.3, 0.4) is 0 Å². The fourth-order valence-corrected chi connectivity index (χ4v) is 2.30. The quantitative estimate of drug-likeness (QED) is 0.850. The third-order valence-electron chi connectivity index (χ3n) is 1.89. The van der Waals surface area contributed by atoms with Crippen molar-refractivity contribution in [2.75, 3.05) is 18.1 Å². The lowest BCUT2D eigenvalue weighted by molar-refractivity contribution is 0.288. The van der Waals surface area contributed by atoms with Crippen molar-refractivity contribution < 1.29 is 5.11 Å². The molecule has 0 aliphatic rings. The van der Waals surface area contributed by atoms with Crippen LogP contribution in [0.1, 0.15) is 20.3 Å². The van der Waals surface area contributed by atoms with Crippen LogP contribution in [-0.2, 0) is 0 Å². The van der Waals surface area contributed by atoms with Gasteiger partial charge in [-0.05, 0) is 20.3 Å². The van der Waals surface area contributed by atoms with Gasteiger partial charge in [-0.1, -0.05) is 11.6 Å². The molecule has 0 aromatic carbocycles. The molecular weight excluding hydrogens is 220 g/mol. The normalized spacial score (nSPS) is 10.9. The third kappa shape index (κ3) is 3.12. The van der Waals surface area contributed by atoms with Crippen LogP contribution in [0.15, 0.2) is 5.38 Å². The standard InChI is InChI=1S/C9H15ClN2OS/c1-7(2)12(4-3-5-13)9-11-8(10)6-14-9/h6-7,13H,3-5H2,1-2H3. The number of aromatic nitrogens is 1. The molecular formula is C9H15ClN2OS. The molecule has 0 aliphatic carbocycles. The number of hydrogen-bond acceptors (Lipinski definition) is 4. The van der Waals surface area contributed by atoms with E-state index in [9.17, 15) is 0 Å². The fourth-order valence-electron chi connectivity index (χ4n) is 1.19. The minimum absolute atomic E-state index is 0.211. The first kappa shape index (κ1) is 11.8. The maximum Gasteiger partial charge on any atom is 0.186 e. The Morgan fingerprint density at radius 1 is 1.64 bits per heavy atom. The summed E-state index contributed by atoms with van der Waals surface area (Å²) in [6.45, 7) is 5.24. The van der Waals surface area contributed by atoms with Crippen molar-refractivity contribution in [3.63, 3.8) is 0 Å². The average molecular weight is 235 g/mol. The van der Waals surface area contributed by atoms with Gasteiger partial charge >= 0.3 is 0 Å². The molecule has 14 heavy (non-hydrogen) atoms. The number of rotatable bonds is 5. The van der Waals surface area contributed by atoms with Crippen LogP contribution in [-0.4, -0.2) is 29.3 Å². The van der Waals surface area contributed by atoms with Gasteiger partial charge in [0.25, 0.3) is 0 Å². The average Bonchev–Trinajstić information content (AvgIpc) is 2.52. The zero-order chi connectivity index (χ0) is 10.6. The molecule has 3 nitrogen and oxygen atoms in total. The Bertz CT molecular complexity index is 278. The van der Waals surface area contributed by atoms with Crippen molar-refractivity contribution in [2.24, 2.45) is 0 Å². The van der Waals surface area contributed by atoms with E-state index in [0.29, 0.717) is 11.2 Å². The summed E-state index contributed by atoms with van der Waals surface area (Å²) in [4.78, 5) is 6.36. The van der Waals surface area contributed by atoms with Gasteiger partial charge in [0.1, 0.15) is 5.15 Å². The Balaban J connectivity index is 2.67. The smallest absolute Gasteiger partial charge is 0.186 e. The number of thiazole rings is 1. The van der Waals surface area contributed by atoms with Gasteiger partial charge in [0.2, 0.25) is 0 Å². The maximum absolute atomic E-state index is 8.78. The highest BCUT2D eigenvalue weighted by molar-refractivity contribution is 7.14. The van der Waals surface area contributed by atoms with Crippen LogP contribution < -0.4 is 4.90 Å². The molecule has 0 saturated carbocycles. The molecule has 5 heteroatoms. The molecule has 0 fully saturated rings. The van der Waals surface area contributed by atoms with E-state index in [1.807, 2.05) is 5.38 Å². The first-order chi connectivity index (χ1) is 6.65. The topological polar surface area (TPSA) is 36.4 Å². The van der Waals surface area contributed by atoms with Gasteiger partial charge in [0.15, 0.2) is 5.13 Å². The van der Waals surface area contributed by atoms with Crippen molar-refractivity contribution >= 4 is 28.1 Å². The first-order valence-electron chi connectivity index (χ1n) is 4.63. The molecule has 0 unspecified atom stereocenters. The number of halogens is 1. The third-order valence-corrected chi connectivity index (χ3v) is 3.09. The molecule has 0 radical (unpaired) electrons. The van der Waals surface area contributed by atoms with Crippen LogP contribution in [0.4, 0.5) is 5.13 Å². The van der Waals surface area contributed by atoms with E-state index < -0.39 is 0 Å². The van der Waals surface area contributed by atoms with E-state index in [1.54, 1.807) is 0 Å². The van der Waals surface area contributed by atoms with Crippen molar-refractivity contribution in [3.05, 3.63) is 10.5 Å². The van der Waals surface area contributed by atoms with Gasteiger partial charge in [0, 0.05) is 24.6 Å². The molecule has 80 valence electrons. The second-order valence-corrected chi connectivity index (χ2v) is 4.54. The summed E-state index contributed by atoms with van der Waals surface area (Å²) in [5, 5.41) is 12.1. The molecule has 0 spiro atoms. The highest BCUT2D eigenvalue weighted by Crippen LogP contribution is 2.24. The number of aliphatic hydroxyl groups is 1. The summed E-state index contributed by atoms with van der Waals surface area (Å²) in [6.07, 6.45) is 0.759. The number of aliphatic hydroxyl groups excluding tert-OH is 1. The molecule has 1 aromatic rings. The molecule has 0 saturated heterocycles. The summed E-state index contributed by atoms with van der Waals surface area (Å²) < 4.78 is 0. The van der Waals surface area contributed by atoms with E-state index in [2.05, 4.69) is 23.7 Å². The second-order valence-electron chi connectivity index (χ2n) is 3.32. The highest BCUT2D eigenvalue weighted by atomic mass is 35.5. The summed E-state index contributed by atoms with van der Waals surface area (Å²) in [7, 11) is 0. The Morgan fingerprint density at radius 3 is 2.79 bits per heavy atom. The molecule has 1 N–H and O–H groups in total. The van der Waals surface area contributed by atoms with E-state index in [-0.39, 0.29) is 6.61 Å². The molecule has 1 heterocycles. The van der Waals surface area contributed by atoms with Crippen molar-refractivity contribution in [2.45, 2.75) is 26.3 Å². The molecule has 0 aliphatic heterocycles. The Morgan fingerprint density at radius 2 is 2.36 bits per heavy atom. The van der Waals surface area contributed by atoms with E-state index in [1.165, 1.54) is 11.3 Å². The molecule has 1 rings (SSSR count). The summed E-state index contributed by atoms with van der Waals surface area (Å²) >= 11 is 7.30. The lowest BCUT2D eigenvalue weighted by atomic mass is 10.3. The van der Waals surface area contributed by atoms with E-state index in [4.69, 9.17) is 16.7 Å². The largest absolute Gasteiger partial charge is 0.396 e. The van der Waals surface area contributed by atoms with Gasteiger partial charge in [-0.15, -0.1) is 11.3 Å².